The summed E-state index contributed by atoms with van der Waals surface area (Å²) in [6.07, 6.45) is 1.70. The Labute approximate surface area is 148 Å². The van der Waals surface area contributed by atoms with Crippen LogP contribution in [0.2, 0.25) is 0 Å². The minimum atomic E-state index is -0.469. The van der Waals surface area contributed by atoms with Crippen LogP contribution in [0.15, 0.2) is 47.4 Å². The molecule has 1 aliphatic rings. The Bertz CT molecular complexity index is 1070. The zero-order valence-electron chi connectivity index (χ0n) is 14.3. The highest BCUT2D eigenvalue weighted by atomic mass is 16.5. The molecule has 0 saturated heterocycles. The highest BCUT2D eigenvalue weighted by molar-refractivity contribution is 5.77. The summed E-state index contributed by atoms with van der Waals surface area (Å²) in [5, 5.41) is 0. The Hall–Kier alpha value is -3.35. The number of carbonyl (C=O) groups is 1. The van der Waals surface area contributed by atoms with Gasteiger partial charge in [-0.2, -0.15) is 4.98 Å². The number of hydrogen-bond acceptors (Lipinski definition) is 6. The number of methoxy groups -OCH3 is 2. The van der Waals surface area contributed by atoms with E-state index in [1.165, 1.54) is 11.5 Å². The van der Waals surface area contributed by atoms with Crippen LogP contribution in [-0.4, -0.2) is 29.6 Å². The van der Waals surface area contributed by atoms with Crippen LogP contribution in [-0.2, 0) is 4.79 Å². The molecule has 0 unspecified atom stereocenters. The summed E-state index contributed by atoms with van der Waals surface area (Å²) in [7, 11) is 3.09. The van der Waals surface area contributed by atoms with Gasteiger partial charge in [0.2, 0.25) is 5.88 Å². The van der Waals surface area contributed by atoms with Crippen LogP contribution < -0.4 is 19.8 Å². The van der Waals surface area contributed by atoms with E-state index in [9.17, 15) is 9.59 Å². The molecule has 0 bridgehead atoms. The second kappa shape index (κ2) is 6.18. The molecule has 2 aromatic heterocycles. The lowest BCUT2D eigenvalue weighted by Gasteiger charge is -2.24. The number of ether oxygens (including phenoxy) is 3. The number of hydrogen-bond donors (Lipinski definition) is 0. The summed E-state index contributed by atoms with van der Waals surface area (Å²) in [6.45, 7) is 0. The van der Waals surface area contributed by atoms with Gasteiger partial charge in [-0.3, -0.25) is 14.0 Å². The first-order valence-corrected chi connectivity index (χ1v) is 8.06. The van der Waals surface area contributed by atoms with Crippen LogP contribution in [0, 0.1) is 0 Å². The predicted molar refractivity (Wildman–Crippen MR) is 93.1 cm³/mol. The lowest BCUT2D eigenvalue weighted by Crippen LogP contribution is -2.31. The molecular formula is C19H16N2O5. The number of nitrogens with zero attached hydrogens (tertiary/aromatic N) is 2. The second-order valence-electron chi connectivity index (χ2n) is 5.91. The number of rotatable bonds is 3. The quantitative estimate of drug-likeness (QED) is 0.672. The van der Waals surface area contributed by atoms with Gasteiger partial charge in [0, 0.05) is 12.1 Å². The first kappa shape index (κ1) is 16.1. The smallest absolute Gasteiger partial charge is 0.313 e. The van der Waals surface area contributed by atoms with Crippen molar-refractivity contribution in [2.75, 3.05) is 14.2 Å². The average Bonchev–Trinajstić information content (AvgIpc) is 2.66. The Morgan fingerprint density at radius 3 is 2.69 bits per heavy atom. The van der Waals surface area contributed by atoms with Crippen molar-refractivity contribution in [2.24, 2.45) is 0 Å². The van der Waals surface area contributed by atoms with Crippen molar-refractivity contribution >= 4 is 11.6 Å². The highest BCUT2D eigenvalue weighted by Crippen LogP contribution is 2.39. The molecule has 0 fully saturated rings. The standard InChI is InChI=1S/C19H16N2O5/c1-24-13-7-6-11(9-14(13)25-2)12-10-16(22)26-18-17(12)19(23)21-8-4-3-5-15(21)20-18/h3-9,12H,10H2,1-2H3/t12-/m0/s1. The van der Waals surface area contributed by atoms with E-state index >= 15 is 0 Å². The van der Waals surface area contributed by atoms with Gasteiger partial charge in [0.1, 0.15) is 5.65 Å². The third-order valence-electron chi connectivity index (χ3n) is 4.47. The van der Waals surface area contributed by atoms with E-state index in [1.807, 2.05) is 6.07 Å². The normalized spacial score (nSPS) is 16.1. The lowest BCUT2D eigenvalue weighted by molar-refractivity contribution is -0.135. The van der Waals surface area contributed by atoms with Crippen LogP contribution in [0.25, 0.3) is 5.65 Å². The van der Waals surface area contributed by atoms with E-state index in [4.69, 9.17) is 14.2 Å². The Morgan fingerprint density at radius 1 is 1.12 bits per heavy atom. The number of pyridine rings is 1. The van der Waals surface area contributed by atoms with Crippen LogP contribution in [0.4, 0.5) is 0 Å². The van der Waals surface area contributed by atoms with Gasteiger partial charge in [-0.1, -0.05) is 12.1 Å². The number of esters is 1. The van der Waals surface area contributed by atoms with Crippen molar-refractivity contribution < 1.29 is 19.0 Å². The monoisotopic (exact) mass is 352 g/mol. The molecule has 1 aliphatic heterocycles. The van der Waals surface area contributed by atoms with Gasteiger partial charge >= 0.3 is 5.97 Å². The summed E-state index contributed by atoms with van der Waals surface area (Å²) in [4.78, 5) is 29.5. The van der Waals surface area contributed by atoms with E-state index in [-0.39, 0.29) is 17.9 Å². The summed E-state index contributed by atoms with van der Waals surface area (Å²) in [6, 6.07) is 10.5. The fourth-order valence-corrected chi connectivity index (χ4v) is 3.23. The van der Waals surface area contributed by atoms with E-state index in [0.29, 0.717) is 22.7 Å². The largest absolute Gasteiger partial charge is 0.493 e. The molecule has 132 valence electrons. The minimum Gasteiger partial charge on any atom is -0.493 e. The first-order valence-electron chi connectivity index (χ1n) is 8.06. The number of fused-ring (bicyclic) bond motifs is 2. The van der Waals surface area contributed by atoms with Gasteiger partial charge in [0.05, 0.1) is 26.2 Å². The molecule has 3 heterocycles. The zero-order valence-corrected chi connectivity index (χ0v) is 14.3. The van der Waals surface area contributed by atoms with Gasteiger partial charge in [0.25, 0.3) is 5.56 Å². The van der Waals surface area contributed by atoms with Gasteiger partial charge in [0.15, 0.2) is 11.5 Å². The van der Waals surface area contributed by atoms with E-state index in [0.717, 1.165) is 5.56 Å². The maximum atomic E-state index is 13.0. The van der Waals surface area contributed by atoms with Crippen LogP contribution >= 0.6 is 0 Å². The van der Waals surface area contributed by atoms with Gasteiger partial charge < -0.3 is 14.2 Å². The molecule has 3 aromatic rings. The summed E-state index contributed by atoms with van der Waals surface area (Å²) >= 11 is 0. The van der Waals surface area contributed by atoms with E-state index in [1.54, 1.807) is 43.6 Å². The zero-order chi connectivity index (χ0) is 18.3. The van der Waals surface area contributed by atoms with Crippen LogP contribution in [0.3, 0.4) is 0 Å². The summed E-state index contributed by atoms with van der Waals surface area (Å²) in [5.41, 5.74) is 1.30. The topological polar surface area (TPSA) is 79.1 Å². The lowest BCUT2D eigenvalue weighted by atomic mass is 9.88. The van der Waals surface area contributed by atoms with Gasteiger partial charge in [-0.25, -0.2) is 0 Å². The third kappa shape index (κ3) is 2.48. The molecule has 0 amide bonds. The van der Waals surface area contributed by atoms with Crippen molar-refractivity contribution in [1.29, 1.82) is 0 Å². The molecular weight excluding hydrogens is 336 g/mol. The molecule has 7 heteroatoms. The van der Waals surface area contributed by atoms with E-state index < -0.39 is 11.9 Å². The van der Waals surface area contributed by atoms with Crippen molar-refractivity contribution in [3.05, 3.63) is 64.1 Å². The van der Waals surface area contributed by atoms with Crippen molar-refractivity contribution in [3.8, 4) is 17.4 Å². The van der Waals surface area contributed by atoms with Gasteiger partial charge in [-0.15, -0.1) is 0 Å². The fourth-order valence-electron chi connectivity index (χ4n) is 3.23. The molecule has 0 saturated carbocycles. The average molecular weight is 352 g/mol. The van der Waals surface area contributed by atoms with Crippen molar-refractivity contribution in [2.45, 2.75) is 12.3 Å². The third-order valence-corrected chi connectivity index (χ3v) is 4.47. The summed E-state index contributed by atoms with van der Waals surface area (Å²) in [5.74, 6) is 0.271. The molecule has 0 aliphatic carbocycles. The van der Waals surface area contributed by atoms with E-state index in [2.05, 4.69) is 4.98 Å². The molecule has 4 rings (SSSR count). The fraction of sp³-hybridized carbons (Fsp3) is 0.211. The SMILES string of the molecule is COc1ccc([C@@H]2CC(=O)Oc3nc4ccccn4c(=O)c32)cc1OC. The Morgan fingerprint density at radius 2 is 1.92 bits per heavy atom. The molecule has 0 N–H and O–H groups in total. The minimum absolute atomic E-state index is 0.0539. The summed E-state index contributed by atoms with van der Waals surface area (Å²) < 4.78 is 17.3. The molecule has 26 heavy (non-hydrogen) atoms. The highest BCUT2D eigenvalue weighted by Gasteiger charge is 2.33. The number of aromatic nitrogens is 2. The maximum absolute atomic E-state index is 13.0. The van der Waals surface area contributed by atoms with Crippen LogP contribution in [0.5, 0.6) is 17.4 Å². The molecule has 0 radical (unpaired) electrons. The number of benzene rings is 1. The van der Waals surface area contributed by atoms with Crippen molar-refractivity contribution in [1.82, 2.24) is 9.38 Å². The molecule has 1 atom stereocenters. The first-order chi connectivity index (χ1) is 12.6. The second-order valence-corrected chi connectivity index (χ2v) is 5.91. The Kier molecular flexibility index (Phi) is 3.84. The Balaban J connectivity index is 1.94. The predicted octanol–water partition coefficient (Wildman–Crippen LogP) is 2.15. The maximum Gasteiger partial charge on any atom is 0.313 e. The number of carbonyl (C=O) groups excluding carboxylic acids is 1. The molecule has 1 aromatic carbocycles. The van der Waals surface area contributed by atoms with Gasteiger partial charge in [-0.05, 0) is 29.8 Å². The van der Waals surface area contributed by atoms with Crippen molar-refractivity contribution in [3.63, 3.8) is 0 Å². The molecule has 7 nitrogen and oxygen atoms in total. The van der Waals surface area contributed by atoms with Crippen LogP contribution in [0.1, 0.15) is 23.5 Å². The molecule has 0 spiro atoms.